The van der Waals surface area contributed by atoms with Gasteiger partial charge in [0.25, 0.3) is 0 Å². The van der Waals surface area contributed by atoms with Gasteiger partial charge >= 0.3 is 18.0 Å². The van der Waals surface area contributed by atoms with Crippen LogP contribution in [-0.4, -0.2) is 151 Å². The highest BCUT2D eigenvalue weighted by Crippen LogP contribution is 2.38. The van der Waals surface area contributed by atoms with Crippen LogP contribution in [0.1, 0.15) is 74.6 Å². The molecule has 4 saturated heterocycles. The van der Waals surface area contributed by atoms with E-state index in [1.54, 1.807) is 54.0 Å². The molecule has 0 radical (unpaired) electrons. The van der Waals surface area contributed by atoms with Crippen molar-refractivity contribution in [3.05, 3.63) is 60.7 Å². The third-order valence-electron chi connectivity index (χ3n) is 11.6. The molecule has 2 amide bonds. The summed E-state index contributed by atoms with van der Waals surface area (Å²) in [5.74, 6) is 0.861. The second kappa shape index (κ2) is 20.7. The van der Waals surface area contributed by atoms with Gasteiger partial charge < -0.3 is 58.7 Å². The van der Waals surface area contributed by atoms with Crippen molar-refractivity contribution in [2.45, 2.75) is 89.2 Å². The summed E-state index contributed by atoms with van der Waals surface area (Å²) in [6.45, 7) is 12.8. The van der Waals surface area contributed by atoms with Crippen LogP contribution in [0, 0.1) is 0 Å². The Bertz CT molecular complexity index is 2450. The first-order chi connectivity index (χ1) is 32.7. The Kier molecular flexibility index (Phi) is 14.5. The van der Waals surface area contributed by atoms with E-state index in [-0.39, 0.29) is 29.9 Å². The Morgan fingerprint density at radius 2 is 1.37 bits per heavy atom. The molecule has 364 valence electrons. The third-order valence-corrected chi connectivity index (χ3v) is 11.6. The van der Waals surface area contributed by atoms with Crippen LogP contribution in [0.25, 0.3) is 0 Å². The Morgan fingerprint density at radius 1 is 0.779 bits per heavy atom. The van der Waals surface area contributed by atoms with Crippen LogP contribution >= 0.6 is 0 Å². The standard InChI is InChI=1S/C23H28N6O6.C11H14N4O2.C11H16N2O3/c1-23(2)34-13-16(35-23)12-33-15-6-7-24-18(9-15)26-22(31)29-14-5-4-8-28(11-14)17-10-25-19(21(30)32-3)27-20(17)29;1-17-11(16)10-12-5-8-9(14-10)13-7-3-2-4-15(8)6-7;1-11(2)15-7-9(16-11)6-14-8-3-4-13-10(12)5-8/h6-7,9-10,14,16H,4-5,8,11-13H2,1-3H3,(H,24,26,31);5,7H,2-4,6H2,1H3,(H,12,13,14);3-5,9H,6-7H2,1-2H3,(H2,12,13)/t14-,16-;7-;9-/m000/s1. The van der Waals surface area contributed by atoms with Crippen LogP contribution in [0.4, 0.5) is 39.4 Å². The van der Waals surface area contributed by atoms with Crippen LogP contribution in [-0.2, 0) is 28.4 Å². The van der Waals surface area contributed by atoms with Crippen LogP contribution in [0.3, 0.4) is 0 Å². The van der Waals surface area contributed by atoms with Crippen molar-refractivity contribution in [3.8, 4) is 11.5 Å². The number of nitrogen functional groups attached to an aromatic ring is 1. The van der Waals surface area contributed by atoms with Gasteiger partial charge in [0, 0.05) is 56.7 Å². The fourth-order valence-electron chi connectivity index (χ4n) is 8.51. The summed E-state index contributed by atoms with van der Waals surface area (Å²) in [6, 6.07) is 6.73. The van der Waals surface area contributed by atoms with Gasteiger partial charge in [-0.2, -0.15) is 0 Å². The van der Waals surface area contributed by atoms with E-state index in [4.69, 9.17) is 38.9 Å². The number of carbonyl (C=O) groups is 3. The summed E-state index contributed by atoms with van der Waals surface area (Å²) in [4.78, 5) is 67.7. The number of nitrogens with two attached hydrogens (primary N) is 1. The molecule has 23 nitrogen and oxygen atoms in total. The number of ether oxygens (including phenoxy) is 8. The number of aromatic nitrogens is 6. The molecule has 0 spiro atoms. The lowest BCUT2D eigenvalue weighted by atomic mass is 10.0. The van der Waals surface area contributed by atoms with Crippen molar-refractivity contribution in [1.29, 1.82) is 0 Å². The summed E-state index contributed by atoms with van der Waals surface area (Å²) in [5.41, 5.74) is 7.22. The van der Waals surface area contributed by atoms with Crippen molar-refractivity contribution in [3.63, 3.8) is 0 Å². The maximum Gasteiger partial charge on any atom is 0.376 e. The van der Waals surface area contributed by atoms with Crippen LogP contribution < -0.4 is 40.5 Å². The van der Waals surface area contributed by atoms with Crippen molar-refractivity contribution in [2.24, 2.45) is 0 Å². The molecule has 10 rings (SSSR count). The van der Waals surface area contributed by atoms with Crippen molar-refractivity contribution >= 4 is 52.6 Å². The largest absolute Gasteiger partial charge is 0.491 e. The molecule has 4 fully saturated rings. The smallest absolute Gasteiger partial charge is 0.376 e. The molecular formula is C45H58N12O11. The highest BCUT2D eigenvalue weighted by molar-refractivity contribution is 6.04. The SMILES string of the molecule is CC1(C)OC[C@H](COc2ccnc(N)c2)O1.COC(=O)c1ncc2c(n1)N(C(=O)Nc1cc(OC[C@H]3COC(C)(C)O3)ccn1)[C@H]1CCCN2C1.COC(=O)c1ncc2c(n1)N[C@H]1CCCN2C1. The molecule has 0 unspecified atom stereocenters. The maximum absolute atomic E-state index is 13.4. The number of amides is 2. The minimum Gasteiger partial charge on any atom is -0.491 e. The van der Waals surface area contributed by atoms with Gasteiger partial charge in [-0.05, 0) is 65.5 Å². The monoisotopic (exact) mass is 942 g/mol. The van der Waals surface area contributed by atoms with Gasteiger partial charge in [-0.1, -0.05) is 0 Å². The average Bonchev–Trinajstić information content (AvgIpc) is 3.88. The van der Waals surface area contributed by atoms with Crippen LogP contribution in [0.15, 0.2) is 49.1 Å². The van der Waals surface area contributed by atoms with Gasteiger partial charge in [-0.15, -0.1) is 0 Å². The van der Waals surface area contributed by atoms with E-state index in [1.165, 1.54) is 20.6 Å². The zero-order valence-electron chi connectivity index (χ0n) is 39.0. The summed E-state index contributed by atoms with van der Waals surface area (Å²) >= 11 is 0. The highest BCUT2D eigenvalue weighted by Gasteiger charge is 2.40. The summed E-state index contributed by atoms with van der Waals surface area (Å²) < 4.78 is 43.1. The lowest BCUT2D eigenvalue weighted by Crippen LogP contribution is -2.56. The van der Waals surface area contributed by atoms with E-state index >= 15 is 0 Å². The quantitative estimate of drug-likeness (QED) is 0.200. The number of rotatable bonds is 9. The molecule has 68 heavy (non-hydrogen) atoms. The predicted octanol–water partition coefficient (Wildman–Crippen LogP) is 4.06. The summed E-state index contributed by atoms with van der Waals surface area (Å²) in [5, 5.41) is 6.19. The Labute approximate surface area is 393 Å². The lowest BCUT2D eigenvalue weighted by Gasteiger charge is -2.45. The van der Waals surface area contributed by atoms with E-state index in [1.807, 2.05) is 27.7 Å². The number of esters is 2. The molecule has 4 aromatic heterocycles. The fraction of sp³-hybridized carbons (Fsp3) is 0.533. The van der Waals surface area contributed by atoms with Gasteiger partial charge in [0.1, 0.15) is 48.6 Å². The van der Waals surface area contributed by atoms with E-state index in [9.17, 15) is 14.4 Å². The number of hydrogen-bond donors (Lipinski definition) is 3. The van der Waals surface area contributed by atoms with Gasteiger partial charge in [0.2, 0.25) is 11.6 Å². The first kappa shape index (κ1) is 47.8. The molecule has 6 aliphatic heterocycles. The Balaban J connectivity index is 0.000000157. The zero-order valence-corrected chi connectivity index (χ0v) is 39.0. The molecule has 4 aromatic rings. The zero-order chi connectivity index (χ0) is 48.0. The van der Waals surface area contributed by atoms with E-state index in [0.29, 0.717) is 73.7 Å². The predicted molar refractivity (Wildman–Crippen MR) is 246 cm³/mol. The number of piperidine rings is 2. The van der Waals surface area contributed by atoms with Gasteiger partial charge in [-0.3, -0.25) is 10.2 Å². The molecule has 6 aliphatic rings. The molecule has 4 N–H and O–H groups in total. The Morgan fingerprint density at radius 3 is 1.99 bits per heavy atom. The Hall–Kier alpha value is -6.69. The fourth-order valence-corrected chi connectivity index (χ4v) is 8.51. The molecule has 10 heterocycles. The second-order valence-corrected chi connectivity index (χ2v) is 17.6. The number of anilines is 6. The third kappa shape index (κ3) is 11.7. The summed E-state index contributed by atoms with van der Waals surface area (Å²) in [6.07, 6.45) is 10.3. The van der Waals surface area contributed by atoms with Crippen molar-refractivity contribution in [2.75, 3.05) is 97.9 Å². The average molecular weight is 943 g/mol. The van der Waals surface area contributed by atoms with E-state index in [2.05, 4.69) is 55.1 Å². The minimum atomic E-state index is -0.662. The number of carbonyl (C=O) groups excluding carboxylic acids is 3. The molecule has 4 bridgehead atoms. The first-order valence-corrected chi connectivity index (χ1v) is 22.5. The van der Waals surface area contributed by atoms with Gasteiger partial charge in [0.05, 0.1) is 57.2 Å². The number of urea groups is 1. The molecule has 0 aliphatic carbocycles. The van der Waals surface area contributed by atoms with Crippen LogP contribution in [0.2, 0.25) is 0 Å². The van der Waals surface area contributed by atoms with Gasteiger partial charge in [-0.25, -0.2) is 44.3 Å². The molecule has 4 atom stereocenters. The topological polar surface area (TPSA) is 262 Å². The van der Waals surface area contributed by atoms with Crippen LogP contribution in [0.5, 0.6) is 11.5 Å². The maximum atomic E-state index is 13.4. The second-order valence-electron chi connectivity index (χ2n) is 17.6. The van der Waals surface area contributed by atoms with E-state index in [0.717, 1.165) is 50.4 Å². The van der Waals surface area contributed by atoms with Gasteiger partial charge in [0.15, 0.2) is 23.2 Å². The molecule has 0 aromatic carbocycles. The van der Waals surface area contributed by atoms with Crippen molar-refractivity contribution in [1.82, 2.24) is 29.9 Å². The number of methoxy groups -OCH3 is 2. The molecule has 23 heteroatoms. The minimum absolute atomic E-state index is 0.0376. The van der Waals surface area contributed by atoms with Crippen molar-refractivity contribution < 1.29 is 52.3 Å². The van der Waals surface area contributed by atoms with E-state index < -0.39 is 29.5 Å². The number of nitrogens with one attached hydrogen (secondary N) is 2. The first-order valence-electron chi connectivity index (χ1n) is 22.5. The number of pyridine rings is 2. The lowest BCUT2D eigenvalue weighted by molar-refractivity contribution is -0.141. The highest BCUT2D eigenvalue weighted by atomic mass is 16.8. The summed E-state index contributed by atoms with van der Waals surface area (Å²) in [7, 11) is 2.60. The molecular weight excluding hydrogens is 885 g/mol. The number of nitrogens with zero attached hydrogens (tertiary/aromatic N) is 9. The normalized spacial score (nSPS) is 22.4. The number of fused-ring (bicyclic) bond motifs is 8. The number of hydrogen-bond acceptors (Lipinski definition) is 21. The molecule has 0 saturated carbocycles.